The zero-order valence-corrected chi connectivity index (χ0v) is 22.0. The smallest absolute Gasteiger partial charge is 0.490 e. The number of ether oxygens (including phenoxy) is 3. The van der Waals surface area contributed by atoms with Crippen molar-refractivity contribution in [3.05, 3.63) is 46.3 Å². The van der Waals surface area contributed by atoms with Crippen LogP contribution in [0.3, 0.4) is 0 Å². The second kappa shape index (κ2) is 10.1. The van der Waals surface area contributed by atoms with Gasteiger partial charge < -0.3 is 18.4 Å². The lowest BCUT2D eigenvalue weighted by atomic mass is 9.86. The van der Waals surface area contributed by atoms with Crippen LogP contribution in [0.4, 0.5) is 17.6 Å². The molecule has 204 valence electrons. The second-order valence-corrected chi connectivity index (χ2v) is 11.1. The van der Waals surface area contributed by atoms with Crippen LogP contribution in [-0.4, -0.2) is 39.2 Å². The standard InChI is InChI=1S/C25H28F4O7S/c1-13-9-10-18(36-37(31,32)25(27,28)29)20(19(13)22(23(30)33-6)35-24(3,4)5)16-12-17(26)21-15(14(16)2)8-7-11-34-21/h9-10,12,22H,7-8,11H2,1-6H3. The highest BCUT2D eigenvalue weighted by Gasteiger charge is 2.49. The normalized spacial score (nSPS) is 15.0. The van der Waals surface area contributed by atoms with Crippen LogP contribution < -0.4 is 8.92 Å². The van der Waals surface area contributed by atoms with Gasteiger partial charge in [0.2, 0.25) is 0 Å². The number of rotatable bonds is 6. The van der Waals surface area contributed by atoms with Gasteiger partial charge in [0.25, 0.3) is 0 Å². The number of esters is 1. The van der Waals surface area contributed by atoms with Gasteiger partial charge in [-0.3, -0.25) is 0 Å². The molecule has 0 amide bonds. The first-order valence-electron chi connectivity index (χ1n) is 11.3. The predicted octanol–water partition coefficient (Wildman–Crippen LogP) is 5.69. The third-order valence-corrected chi connectivity index (χ3v) is 6.73. The summed E-state index contributed by atoms with van der Waals surface area (Å²) in [6.07, 6.45) is -0.517. The zero-order valence-electron chi connectivity index (χ0n) is 21.2. The Kier molecular flexibility index (Phi) is 7.86. The Balaban J connectivity index is 2.44. The molecule has 37 heavy (non-hydrogen) atoms. The van der Waals surface area contributed by atoms with E-state index in [1.165, 1.54) is 6.07 Å². The highest BCUT2D eigenvalue weighted by molar-refractivity contribution is 7.88. The van der Waals surface area contributed by atoms with E-state index in [9.17, 15) is 26.4 Å². The Morgan fingerprint density at radius 2 is 1.78 bits per heavy atom. The summed E-state index contributed by atoms with van der Waals surface area (Å²) < 4.78 is 99.9. The van der Waals surface area contributed by atoms with Crippen LogP contribution in [0.25, 0.3) is 11.1 Å². The summed E-state index contributed by atoms with van der Waals surface area (Å²) >= 11 is 0. The van der Waals surface area contributed by atoms with E-state index in [4.69, 9.17) is 14.2 Å². The number of halogens is 4. The number of benzene rings is 2. The molecule has 0 saturated carbocycles. The average Bonchev–Trinajstić information content (AvgIpc) is 2.79. The number of aryl methyl sites for hydroxylation is 1. The van der Waals surface area contributed by atoms with E-state index in [2.05, 4.69) is 4.18 Å². The Bertz CT molecular complexity index is 1310. The van der Waals surface area contributed by atoms with Gasteiger partial charge in [0.15, 0.2) is 23.4 Å². The third kappa shape index (κ3) is 5.85. The second-order valence-electron chi connectivity index (χ2n) is 9.58. The van der Waals surface area contributed by atoms with Crippen LogP contribution >= 0.6 is 0 Å². The van der Waals surface area contributed by atoms with Gasteiger partial charge in [-0.25, -0.2) is 9.18 Å². The molecule has 2 aromatic rings. The number of carbonyl (C=O) groups excluding carboxylic acids is 1. The summed E-state index contributed by atoms with van der Waals surface area (Å²) in [6.45, 7) is 8.39. The zero-order chi connectivity index (χ0) is 27.9. The number of hydrogen-bond donors (Lipinski definition) is 0. The van der Waals surface area contributed by atoms with Crippen LogP contribution in [0.15, 0.2) is 18.2 Å². The van der Waals surface area contributed by atoms with Gasteiger partial charge in [0.1, 0.15) is 0 Å². The topological polar surface area (TPSA) is 88.1 Å². The molecule has 1 heterocycles. The molecule has 1 aliphatic heterocycles. The van der Waals surface area contributed by atoms with E-state index in [1.807, 2.05) is 0 Å². The van der Waals surface area contributed by atoms with E-state index in [1.54, 1.807) is 34.6 Å². The molecular formula is C25H28F4O7S. The maximum absolute atomic E-state index is 15.2. The molecular weight excluding hydrogens is 520 g/mol. The first-order chi connectivity index (χ1) is 17.0. The Morgan fingerprint density at radius 1 is 1.14 bits per heavy atom. The van der Waals surface area contributed by atoms with Crippen molar-refractivity contribution in [1.82, 2.24) is 0 Å². The minimum atomic E-state index is -6.11. The Hall–Kier alpha value is -2.86. The molecule has 0 radical (unpaired) electrons. The summed E-state index contributed by atoms with van der Waals surface area (Å²) in [4.78, 5) is 12.9. The molecule has 0 aromatic heterocycles. The van der Waals surface area contributed by atoms with Crippen LogP contribution in [0, 0.1) is 19.7 Å². The molecule has 12 heteroatoms. The van der Waals surface area contributed by atoms with Crippen molar-refractivity contribution in [2.75, 3.05) is 13.7 Å². The lowest BCUT2D eigenvalue weighted by Crippen LogP contribution is -2.30. The molecule has 0 fully saturated rings. The monoisotopic (exact) mass is 548 g/mol. The van der Waals surface area contributed by atoms with E-state index in [-0.39, 0.29) is 22.4 Å². The summed E-state index contributed by atoms with van der Waals surface area (Å²) in [5.41, 5.74) is -5.65. The van der Waals surface area contributed by atoms with Crippen LogP contribution in [0.5, 0.6) is 11.5 Å². The molecule has 7 nitrogen and oxygen atoms in total. The quantitative estimate of drug-likeness (QED) is 0.198. The summed E-state index contributed by atoms with van der Waals surface area (Å²) in [5, 5.41) is 0. The minimum absolute atomic E-state index is 0.0162. The van der Waals surface area contributed by atoms with Crippen molar-refractivity contribution in [2.45, 2.75) is 64.7 Å². The highest BCUT2D eigenvalue weighted by atomic mass is 32.2. The minimum Gasteiger partial charge on any atom is -0.490 e. The van der Waals surface area contributed by atoms with Gasteiger partial charge in [-0.05, 0) is 76.3 Å². The maximum Gasteiger partial charge on any atom is 0.534 e. The molecule has 1 aliphatic rings. The van der Waals surface area contributed by atoms with Crippen molar-refractivity contribution >= 4 is 16.1 Å². The third-order valence-electron chi connectivity index (χ3n) is 5.76. The molecule has 2 aromatic carbocycles. The van der Waals surface area contributed by atoms with Gasteiger partial charge in [-0.15, -0.1) is 0 Å². The van der Waals surface area contributed by atoms with Gasteiger partial charge in [-0.2, -0.15) is 21.6 Å². The van der Waals surface area contributed by atoms with Gasteiger partial charge in [-0.1, -0.05) is 6.07 Å². The van der Waals surface area contributed by atoms with Crippen molar-refractivity contribution < 1.29 is 49.2 Å². The summed E-state index contributed by atoms with van der Waals surface area (Å²) in [5.74, 6) is -2.42. The molecule has 0 N–H and O–H groups in total. The fourth-order valence-corrected chi connectivity index (χ4v) is 4.63. The predicted molar refractivity (Wildman–Crippen MR) is 126 cm³/mol. The van der Waals surface area contributed by atoms with Crippen molar-refractivity contribution in [3.8, 4) is 22.6 Å². The van der Waals surface area contributed by atoms with E-state index in [0.29, 0.717) is 36.1 Å². The largest absolute Gasteiger partial charge is 0.534 e. The maximum atomic E-state index is 15.2. The number of methoxy groups -OCH3 is 1. The lowest BCUT2D eigenvalue weighted by Gasteiger charge is -2.30. The fourth-order valence-electron chi connectivity index (χ4n) is 4.16. The van der Waals surface area contributed by atoms with Gasteiger partial charge in [0, 0.05) is 16.7 Å². The molecule has 3 rings (SSSR count). The molecule has 0 saturated heterocycles. The van der Waals surface area contributed by atoms with Gasteiger partial charge in [0.05, 0.1) is 19.3 Å². The number of carbonyl (C=O) groups is 1. The molecule has 0 spiro atoms. The van der Waals surface area contributed by atoms with Crippen LogP contribution in [0.2, 0.25) is 0 Å². The van der Waals surface area contributed by atoms with Crippen molar-refractivity contribution in [1.29, 1.82) is 0 Å². The van der Waals surface area contributed by atoms with Crippen LogP contribution in [0.1, 0.15) is 55.5 Å². The van der Waals surface area contributed by atoms with Crippen molar-refractivity contribution in [3.63, 3.8) is 0 Å². The number of hydrogen-bond acceptors (Lipinski definition) is 7. The SMILES string of the molecule is COC(=O)C(OC(C)(C)C)c1c(C)ccc(OS(=O)(=O)C(F)(F)F)c1-c1cc(F)c2c(c1C)CCCO2. The Labute approximate surface area is 212 Å². The molecule has 0 bridgehead atoms. The van der Waals surface area contributed by atoms with Gasteiger partial charge >= 0.3 is 21.6 Å². The molecule has 0 aliphatic carbocycles. The summed E-state index contributed by atoms with van der Waals surface area (Å²) in [7, 11) is -5.01. The van der Waals surface area contributed by atoms with E-state index >= 15 is 4.39 Å². The highest BCUT2D eigenvalue weighted by Crippen LogP contribution is 2.46. The molecule has 1 unspecified atom stereocenters. The first kappa shape index (κ1) is 28.7. The fraction of sp³-hybridized carbons (Fsp3) is 0.480. The molecule has 1 atom stereocenters. The summed E-state index contributed by atoms with van der Waals surface area (Å²) in [6, 6.07) is 3.33. The van der Waals surface area contributed by atoms with E-state index < -0.39 is 44.9 Å². The Morgan fingerprint density at radius 3 is 2.35 bits per heavy atom. The number of fused-ring (bicyclic) bond motifs is 1. The number of alkyl halides is 3. The first-order valence-corrected chi connectivity index (χ1v) is 12.7. The average molecular weight is 549 g/mol. The van der Waals surface area contributed by atoms with Crippen LogP contribution in [-0.2, 0) is 30.8 Å². The van der Waals surface area contributed by atoms with Crippen molar-refractivity contribution in [2.24, 2.45) is 0 Å². The lowest BCUT2D eigenvalue weighted by molar-refractivity contribution is -0.164. The van der Waals surface area contributed by atoms with E-state index in [0.717, 1.165) is 19.2 Å².